The quantitative estimate of drug-likeness (QED) is 0.406. The van der Waals surface area contributed by atoms with E-state index in [1.165, 1.54) is 0 Å². The Kier molecular flexibility index (Phi) is 1.72. The van der Waals surface area contributed by atoms with E-state index in [-0.39, 0.29) is 13.0 Å². The summed E-state index contributed by atoms with van der Waals surface area (Å²) in [4.78, 5) is 0. The third kappa shape index (κ3) is 1.40. The Morgan fingerprint density at radius 1 is 1.67 bits per heavy atom. The number of hydrogen-bond acceptors (Lipinski definition) is 4. The molecule has 1 fully saturated rings. The Hall–Kier alpha value is -0.160. The van der Waals surface area contributed by atoms with Crippen molar-refractivity contribution in [1.82, 2.24) is 0 Å². The predicted molar refractivity (Wildman–Crippen MR) is 28.6 cm³/mol. The minimum Gasteiger partial charge on any atom is -0.391 e. The summed E-state index contributed by atoms with van der Waals surface area (Å²) in [7, 11) is 0. The molecule has 1 rings (SSSR count). The van der Waals surface area contributed by atoms with E-state index in [2.05, 4.69) is 4.74 Å². The monoisotopic (exact) mass is 134 g/mol. The Morgan fingerprint density at radius 2 is 2.33 bits per heavy atom. The number of rotatable bonds is 1. The molecule has 9 heavy (non-hydrogen) atoms. The van der Waals surface area contributed by atoms with Crippen LogP contribution in [0.5, 0.6) is 0 Å². The van der Waals surface area contributed by atoms with Crippen LogP contribution in [0, 0.1) is 0 Å². The lowest BCUT2D eigenvalue weighted by atomic mass is 10.2. The van der Waals surface area contributed by atoms with Gasteiger partial charge in [-0.3, -0.25) is 0 Å². The van der Waals surface area contributed by atoms with Gasteiger partial charge in [0.1, 0.15) is 0 Å². The van der Waals surface area contributed by atoms with Gasteiger partial charge in [0.2, 0.25) is 0 Å². The average Bonchev–Trinajstić information content (AvgIpc) is 2.13. The van der Waals surface area contributed by atoms with Gasteiger partial charge in [-0.25, -0.2) is 0 Å². The highest BCUT2D eigenvalue weighted by Gasteiger charge is 2.36. The maximum Gasteiger partial charge on any atom is 0.191 e. The maximum atomic E-state index is 9.04. The van der Waals surface area contributed by atoms with Crippen LogP contribution in [0.4, 0.5) is 0 Å². The van der Waals surface area contributed by atoms with Crippen molar-refractivity contribution in [3.05, 3.63) is 0 Å². The molecule has 1 saturated heterocycles. The predicted octanol–water partition coefficient (Wildman–Crippen LogP) is -1.55. The van der Waals surface area contributed by atoms with Crippen LogP contribution in [0.25, 0.3) is 0 Å². The summed E-state index contributed by atoms with van der Waals surface area (Å²) in [6.07, 6.45) is -0.536. The van der Waals surface area contributed by atoms with Crippen molar-refractivity contribution in [2.24, 2.45) is 0 Å². The van der Waals surface area contributed by atoms with Gasteiger partial charge in [0, 0.05) is 6.42 Å². The molecule has 1 aliphatic rings. The van der Waals surface area contributed by atoms with Gasteiger partial charge in [0.25, 0.3) is 0 Å². The Balaban J connectivity index is 2.45. The largest absolute Gasteiger partial charge is 0.391 e. The summed E-state index contributed by atoms with van der Waals surface area (Å²) >= 11 is 0. The number of aliphatic hydroxyl groups excluding tert-OH is 2. The molecule has 0 aliphatic carbocycles. The van der Waals surface area contributed by atoms with E-state index in [1.54, 1.807) is 0 Å². The normalized spacial score (nSPS) is 43.7. The Labute approximate surface area is 52.7 Å². The molecule has 54 valence electrons. The first-order valence-electron chi connectivity index (χ1n) is 2.81. The van der Waals surface area contributed by atoms with E-state index in [9.17, 15) is 0 Å². The van der Waals surface area contributed by atoms with Crippen molar-refractivity contribution in [1.29, 1.82) is 0 Å². The van der Waals surface area contributed by atoms with Crippen LogP contribution in [-0.2, 0) is 4.74 Å². The molecule has 1 aliphatic heterocycles. The molecule has 0 unspecified atom stereocenters. The number of ether oxygens (including phenoxy) is 1. The van der Waals surface area contributed by atoms with Gasteiger partial charge >= 0.3 is 0 Å². The van der Waals surface area contributed by atoms with Crippen LogP contribution >= 0.6 is 0 Å². The molecule has 0 aromatic heterocycles. The summed E-state index contributed by atoms with van der Waals surface area (Å²) in [5.74, 6) is -1.49. The minimum atomic E-state index is -1.49. The molecule has 4 heteroatoms. The summed E-state index contributed by atoms with van der Waals surface area (Å²) in [6.45, 7) is -0.346. The van der Waals surface area contributed by atoms with Gasteiger partial charge in [-0.05, 0) is 0 Å². The molecule has 0 bridgehead atoms. The van der Waals surface area contributed by atoms with Gasteiger partial charge in [0.05, 0.1) is 19.3 Å². The van der Waals surface area contributed by atoms with Crippen molar-refractivity contribution in [2.75, 3.05) is 13.2 Å². The highest BCUT2D eigenvalue weighted by atomic mass is 16.6. The van der Waals surface area contributed by atoms with E-state index in [0.29, 0.717) is 0 Å². The lowest BCUT2D eigenvalue weighted by Gasteiger charge is -2.16. The number of aliphatic hydroxyl groups is 3. The van der Waals surface area contributed by atoms with Crippen LogP contribution in [0.15, 0.2) is 0 Å². The molecule has 0 radical (unpaired) electrons. The van der Waals surface area contributed by atoms with Crippen LogP contribution in [0.3, 0.4) is 0 Å². The fraction of sp³-hybridized carbons (Fsp3) is 1.00. The van der Waals surface area contributed by atoms with Gasteiger partial charge in [-0.15, -0.1) is 0 Å². The van der Waals surface area contributed by atoms with E-state index in [1.807, 2.05) is 0 Å². The molecule has 0 amide bonds. The first kappa shape index (κ1) is 6.95. The zero-order valence-corrected chi connectivity index (χ0v) is 4.95. The van der Waals surface area contributed by atoms with Gasteiger partial charge in [0.15, 0.2) is 5.79 Å². The van der Waals surface area contributed by atoms with Crippen molar-refractivity contribution in [2.45, 2.75) is 18.3 Å². The van der Waals surface area contributed by atoms with Crippen molar-refractivity contribution in [3.63, 3.8) is 0 Å². The van der Waals surface area contributed by atoms with Crippen LogP contribution in [-0.4, -0.2) is 40.4 Å². The Morgan fingerprint density at radius 3 is 2.56 bits per heavy atom. The van der Waals surface area contributed by atoms with E-state index in [0.717, 1.165) is 0 Å². The van der Waals surface area contributed by atoms with Crippen molar-refractivity contribution >= 4 is 0 Å². The first-order valence-corrected chi connectivity index (χ1v) is 2.81. The highest BCUT2D eigenvalue weighted by Crippen LogP contribution is 2.21. The summed E-state index contributed by atoms with van der Waals surface area (Å²) in [5.41, 5.74) is 0. The number of hydrogen-bond donors (Lipinski definition) is 3. The second kappa shape index (κ2) is 2.22. The standard InChI is InChI=1S/C5H10O4/c6-3-5(8)1-4(7)2-9-5/h4,6-8H,1-3H2/t4-,5-/m0/s1. The van der Waals surface area contributed by atoms with E-state index < -0.39 is 18.5 Å². The summed E-state index contributed by atoms with van der Waals surface area (Å²) in [6, 6.07) is 0. The molecule has 0 aromatic rings. The maximum absolute atomic E-state index is 9.04. The third-order valence-electron chi connectivity index (χ3n) is 1.35. The molecular weight excluding hydrogens is 124 g/mol. The fourth-order valence-electron chi connectivity index (χ4n) is 0.848. The van der Waals surface area contributed by atoms with Crippen molar-refractivity contribution < 1.29 is 20.1 Å². The summed E-state index contributed by atoms with van der Waals surface area (Å²) in [5, 5.41) is 26.3. The first-order chi connectivity index (χ1) is 4.16. The molecule has 1 heterocycles. The van der Waals surface area contributed by atoms with Crippen LogP contribution < -0.4 is 0 Å². The summed E-state index contributed by atoms with van der Waals surface area (Å²) < 4.78 is 4.66. The SMILES string of the molecule is OC[C@]1(O)C[C@H](O)CO1. The second-order valence-electron chi connectivity index (χ2n) is 2.27. The van der Waals surface area contributed by atoms with Crippen LogP contribution in [0.1, 0.15) is 6.42 Å². The Bertz CT molecular complexity index is 105. The van der Waals surface area contributed by atoms with Gasteiger partial charge < -0.3 is 20.1 Å². The molecule has 0 saturated carbocycles. The van der Waals surface area contributed by atoms with Crippen molar-refractivity contribution in [3.8, 4) is 0 Å². The van der Waals surface area contributed by atoms with Gasteiger partial charge in [-0.2, -0.15) is 0 Å². The molecule has 3 N–H and O–H groups in total. The highest BCUT2D eigenvalue weighted by molar-refractivity contribution is 4.77. The average molecular weight is 134 g/mol. The third-order valence-corrected chi connectivity index (χ3v) is 1.35. The zero-order chi connectivity index (χ0) is 6.91. The second-order valence-corrected chi connectivity index (χ2v) is 2.27. The molecular formula is C5H10O4. The topological polar surface area (TPSA) is 69.9 Å². The van der Waals surface area contributed by atoms with Gasteiger partial charge in [-0.1, -0.05) is 0 Å². The zero-order valence-electron chi connectivity index (χ0n) is 4.95. The molecule has 0 spiro atoms. The smallest absolute Gasteiger partial charge is 0.191 e. The molecule has 2 atom stereocenters. The molecule has 0 aromatic carbocycles. The molecule has 4 nitrogen and oxygen atoms in total. The minimum absolute atomic E-state index is 0.101. The lowest BCUT2D eigenvalue weighted by Crippen LogP contribution is -2.32. The van der Waals surface area contributed by atoms with Crippen LogP contribution in [0.2, 0.25) is 0 Å². The van der Waals surface area contributed by atoms with E-state index in [4.69, 9.17) is 15.3 Å². The fourth-order valence-corrected chi connectivity index (χ4v) is 0.848. The lowest BCUT2D eigenvalue weighted by molar-refractivity contribution is -0.193. The van der Waals surface area contributed by atoms with E-state index >= 15 is 0 Å².